The van der Waals surface area contributed by atoms with Gasteiger partial charge in [0, 0.05) is 25.6 Å². The molecule has 0 aromatic heterocycles. The van der Waals surface area contributed by atoms with Gasteiger partial charge >= 0.3 is 0 Å². The van der Waals surface area contributed by atoms with Crippen LogP contribution in [0, 0.1) is 23.7 Å². The normalized spacial score (nSPS) is 29.2. The van der Waals surface area contributed by atoms with Crippen molar-refractivity contribution in [2.75, 3.05) is 33.4 Å². The highest BCUT2D eigenvalue weighted by atomic mass is 32.2. The molecule has 5 rings (SSSR count). The van der Waals surface area contributed by atoms with Crippen LogP contribution in [0.5, 0.6) is 5.75 Å². The molecule has 3 aliphatic carbocycles. The van der Waals surface area contributed by atoms with Crippen LogP contribution in [0.3, 0.4) is 0 Å². The number of sulfonamides is 1. The summed E-state index contributed by atoms with van der Waals surface area (Å²) in [5, 5.41) is 12.7. The van der Waals surface area contributed by atoms with Gasteiger partial charge in [0.1, 0.15) is 5.75 Å². The summed E-state index contributed by atoms with van der Waals surface area (Å²) in [6.07, 6.45) is 9.00. The zero-order chi connectivity index (χ0) is 26.0. The second-order valence-corrected chi connectivity index (χ2v) is 12.7. The van der Waals surface area contributed by atoms with Gasteiger partial charge in [0.2, 0.25) is 16.3 Å². The lowest BCUT2D eigenvalue weighted by Crippen LogP contribution is -2.42. The standard InChI is InChI=1S/C27H38N2O7S/c1-34-22-6-8-23(9-7-22)37(32,33)29(10-12-30)11-13-35-26-17-21(19-4-5-19)16-25(36-26)27(31)28-24-15-18-2-3-20(24)14-18/h6-9,16,18-21,24,26,30H,2-5,10-15,17H2,1H3,(H,28,31)/t18?,20?,21-,24?,26+/m0/s1. The number of carbonyl (C=O) groups is 1. The number of methoxy groups -OCH3 is 1. The Hall–Kier alpha value is -2.14. The topological polar surface area (TPSA) is 114 Å². The zero-order valence-electron chi connectivity index (χ0n) is 21.4. The van der Waals surface area contributed by atoms with Gasteiger partial charge in [-0.2, -0.15) is 4.31 Å². The molecule has 2 bridgehead atoms. The van der Waals surface area contributed by atoms with Crippen molar-refractivity contribution in [3.8, 4) is 5.75 Å². The number of nitrogens with one attached hydrogen (secondary N) is 1. The van der Waals surface area contributed by atoms with E-state index in [-0.39, 0.29) is 49.1 Å². The molecule has 5 atom stereocenters. The van der Waals surface area contributed by atoms with E-state index in [0.717, 1.165) is 25.2 Å². The number of ether oxygens (including phenoxy) is 3. The van der Waals surface area contributed by atoms with E-state index in [1.54, 1.807) is 12.1 Å². The second kappa shape index (κ2) is 11.3. The highest BCUT2D eigenvalue weighted by Crippen LogP contribution is 2.45. The van der Waals surface area contributed by atoms with Crippen molar-refractivity contribution in [1.82, 2.24) is 9.62 Å². The number of aliphatic hydroxyl groups excluding tert-OH is 1. The predicted molar refractivity (Wildman–Crippen MR) is 136 cm³/mol. The molecule has 37 heavy (non-hydrogen) atoms. The molecule has 1 aromatic carbocycles. The Bertz CT molecular complexity index is 1090. The molecule has 4 aliphatic rings. The van der Waals surface area contributed by atoms with Crippen molar-refractivity contribution in [3.05, 3.63) is 36.1 Å². The first-order valence-corrected chi connectivity index (χ1v) is 14.9. The third-order valence-electron chi connectivity index (χ3n) is 8.29. The monoisotopic (exact) mass is 534 g/mol. The van der Waals surface area contributed by atoms with Gasteiger partial charge < -0.3 is 24.6 Å². The van der Waals surface area contributed by atoms with Crippen LogP contribution in [0.2, 0.25) is 0 Å². The van der Waals surface area contributed by atoms with E-state index < -0.39 is 16.3 Å². The lowest BCUT2D eigenvalue weighted by atomic mass is 9.94. The maximum atomic E-state index is 13.1. The van der Waals surface area contributed by atoms with Crippen LogP contribution in [-0.2, 0) is 24.3 Å². The Balaban J connectivity index is 1.18. The molecule has 9 nitrogen and oxygen atoms in total. The first-order chi connectivity index (χ1) is 17.9. The van der Waals surface area contributed by atoms with Crippen molar-refractivity contribution in [3.63, 3.8) is 0 Å². The van der Waals surface area contributed by atoms with Crippen LogP contribution in [-0.4, -0.2) is 69.5 Å². The minimum atomic E-state index is -3.83. The summed E-state index contributed by atoms with van der Waals surface area (Å²) in [4.78, 5) is 13.2. The molecule has 0 spiro atoms. The van der Waals surface area contributed by atoms with Gasteiger partial charge in [0.25, 0.3) is 5.91 Å². The Morgan fingerprint density at radius 2 is 1.84 bits per heavy atom. The largest absolute Gasteiger partial charge is 0.497 e. The molecule has 1 aliphatic heterocycles. The van der Waals surface area contributed by atoms with E-state index in [4.69, 9.17) is 14.2 Å². The van der Waals surface area contributed by atoms with Crippen molar-refractivity contribution in [1.29, 1.82) is 0 Å². The van der Waals surface area contributed by atoms with Gasteiger partial charge in [0.05, 0.1) is 25.2 Å². The molecule has 1 amide bonds. The Morgan fingerprint density at radius 1 is 1.08 bits per heavy atom. The molecule has 3 unspecified atom stereocenters. The molecule has 204 valence electrons. The number of benzene rings is 1. The van der Waals surface area contributed by atoms with Gasteiger partial charge in [-0.25, -0.2) is 8.42 Å². The third kappa shape index (κ3) is 6.13. The van der Waals surface area contributed by atoms with E-state index in [9.17, 15) is 18.3 Å². The molecule has 0 radical (unpaired) electrons. The number of hydrogen-bond donors (Lipinski definition) is 2. The zero-order valence-corrected chi connectivity index (χ0v) is 22.2. The summed E-state index contributed by atoms with van der Waals surface area (Å²) in [5.41, 5.74) is 0. The maximum absolute atomic E-state index is 13.1. The van der Waals surface area contributed by atoms with Crippen LogP contribution in [0.25, 0.3) is 0 Å². The number of aliphatic hydroxyl groups is 1. The van der Waals surface area contributed by atoms with Gasteiger partial charge in [-0.1, -0.05) is 6.42 Å². The molecule has 0 saturated heterocycles. The fourth-order valence-corrected chi connectivity index (χ4v) is 7.52. The number of allylic oxidation sites excluding steroid dienone is 1. The smallest absolute Gasteiger partial charge is 0.286 e. The first kappa shape index (κ1) is 26.5. The van der Waals surface area contributed by atoms with Crippen molar-refractivity contribution in [2.24, 2.45) is 23.7 Å². The van der Waals surface area contributed by atoms with Gasteiger partial charge in [-0.3, -0.25) is 4.79 Å². The fraction of sp³-hybridized carbons (Fsp3) is 0.667. The van der Waals surface area contributed by atoms with Crippen molar-refractivity contribution in [2.45, 2.75) is 62.2 Å². The minimum Gasteiger partial charge on any atom is -0.497 e. The summed E-state index contributed by atoms with van der Waals surface area (Å²) in [7, 11) is -2.31. The van der Waals surface area contributed by atoms with E-state index in [0.29, 0.717) is 29.8 Å². The highest BCUT2D eigenvalue weighted by Gasteiger charge is 2.42. The number of nitrogens with zero attached hydrogens (tertiary/aromatic N) is 1. The number of hydrogen-bond acceptors (Lipinski definition) is 7. The van der Waals surface area contributed by atoms with Crippen LogP contribution >= 0.6 is 0 Å². The molecule has 1 heterocycles. The SMILES string of the molecule is COc1ccc(S(=O)(=O)N(CCO)CCO[C@H]2C[C@@H](C3CC3)C=C(C(=O)NC3CC4CCC3C4)O2)cc1. The van der Waals surface area contributed by atoms with Gasteiger partial charge in [0.15, 0.2) is 5.76 Å². The molecular weight excluding hydrogens is 496 g/mol. The van der Waals surface area contributed by atoms with Crippen molar-refractivity contribution >= 4 is 15.9 Å². The summed E-state index contributed by atoms with van der Waals surface area (Å²) < 4.78 is 44.6. The molecule has 3 fully saturated rings. The maximum Gasteiger partial charge on any atom is 0.286 e. The Kier molecular flexibility index (Phi) is 8.09. The first-order valence-electron chi connectivity index (χ1n) is 13.4. The van der Waals surface area contributed by atoms with Crippen molar-refractivity contribution < 1.29 is 32.5 Å². The summed E-state index contributed by atoms with van der Waals surface area (Å²) in [6.45, 7) is -0.224. The Morgan fingerprint density at radius 3 is 2.46 bits per heavy atom. The van der Waals surface area contributed by atoms with E-state index >= 15 is 0 Å². The van der Waals surface area contributed by atoms with E-state index in [1.165, 1.54) is 42.8 Å². The Labute approximate surface area is 219 Å². The molecule has 2 N–H and O–H groups in total. The summed E-state index contributed by atoms with van der Waals surface area (Å²) in [5.74, 6) is 2.80. The predicted octanol–water partition coefficient (Wildman–Crippen LogP) is 2.66. The lowest BCUT2D eigenvalue weighted by Gasteiger charge is -2.31. The van der Waals surface area contributed by atoms with E-state index in [1.807, 2.05) is 6.08 Å². The van der Waals surface area contributed by atoms with Crippen LogP contribution in [0.15, 0.2) is 41.0 Å². The molecule has 1 aromatic rings. The van der Waals surface area contributed by atoms with Crippen LogP contribution < -0.4 is 10.1 Å². The van der Waals surface area contributed by atoms with E-state index in [2.05, 4.69) is 5.32 Å². The third-order valence-corrected chi connectivity index (χ3v) is 10.2. The molecule has 3 saturated carbocycles. The fourth-order valence-electron chi connectivity index (χ4n) is 6.11. The highest BCUT2D eigenvalue weighted by molar-refractivity contribution is 7.89. The summed E-state index contributed by atoms with van der Waals surface area (Å²) >= 11 is 0. The number of amides is 1. The summed E-state index contributed by atoms with van der Waals surface area (Å²) in [6, 6.07) is 6.37. The number of fused-ring (bicyclic) bond motifs is 2. The minimum absolute atomic E-state index is 0.0505. The average molecular weight is 535 g/mol. The van der Waals surface area contributed by atoms with Gasteiger partial charge in [-0.15, -0.1) is 0 Å². The van der Waals surface area contributed by atoms with Gasteiger partial charge in [-0.05, 0) is 86.1 Å². The number of carbonyl (C=O) groups excluding carboxylic acids is 1. The van der Waals surface area contributed by atoms with Crippen LogP contribution in [0.4, 0.5) is 0 Å². The number of rotatable bonds is 12. The quantitative estimate of drug-likeness (QED) is 0.424. The lowest BCUT2D eigenvalue weighted by molar-refractivity contribution is -0.150. The molecular formula is C27H38N2O7S. The second-order valence-electron chi connectivity index (χ2n) is 10.7. The van der Waals surface area contributed by atoms with Crippen LogP contribution in [0.1, 0.15) is 44.9 Å². The molecule has 10 heteroatoms. The average Bonchev–Trinajstić information content (AvgIpc) is 3.56.